The van der Waals surface area contributed by atoms with Crippen molar-refractivity contribution in [3.8, 4) is 11.5 Å². The summed E-state index contributed by atoms with van der Waals surface area (Å²) in [5.41, 5.74) is 0. The fourth-order valence-electron chi connectivity index (χ4n) is 1.83. The molecule has 1 rings (SSSR count). The molecule has 1 amide bonds. The maximum Gasteiger partial charge on any atom is 0.260 e. The fraction of sp³-hybridized carbons (Fsp3) is 0.533. The molecule has 4 nitrogen and oxygen atoms in total. The molecule has 0 aliphatic carbocycles. The molecule has 0 unspecified atom stereocenters. The van der Waals surface area contributed by atoms with E-state index in [9.17, 15) is 4.79 Å². The van der Waals surface area contributed by atoms with Crippen molar-refractivity contribution in [1.82, 2.24) is 5.32 Å². The quantitative estimate of drug-likeness (QED) is 0.824. The number of para-hydroxylation sites is 2. The smallest absolute Gasteiger partial charge is 0.260 e. The van der Waals surface area contributed by atoms with Crippen LogP contribution in [0.4, 0.5) is 0 Å². The van der Waals surface area contributed by atoms with Crippen molar-refractivity contribution in [2.45, 2.75) is 45.8 Å². The van der Waals surface area contributed by atoms with E-state index < -0.39 is 6.10 Å². The minimum Gasteiger partial charge on any atom is -0.493 e. The number of carbonyl (C=O) groups is 1. The van der Waals surface area contributed by atoms with Crippen molar-refractivity contribution in [2.75, 3.05) is 7.11 Å². The predicted octanol–water partition coefficient (Wildman–Crippen LogP) is 2.77. The Bertz CT molecular complexity index is 406. The van der Waals surface area contributed by atoms with Crippen LogP contribution in [0.1, 0.15) is 33.6 Å². The summed E-state index contributed by atoms with van der Waals surface area (Å²) in [5, 5.41) is 2.93. The number of benzene rings is 1. The first-order chi connectivity index (χ1) is 9.08. The molecule has 4 heteroatoms. The van der Waals surface area contributed by atoms with Crippen LogP contribution in [0.2, 0.25) is 0 Å². The molecule has 0 radical (unpaired) electrons. The number of methoxy groups -OCH3 is 1. The van der Waals surface area contributed by atoms with Gasteiger partial charge in [-0.25, -0.2) is 0 Å². The number of amides is 1. The minimum absolute atomic E-state index is 0.105. The van der Waals surface area contributed by atoms with Crippen LogP contribution in [-0.4, -0.2) is 25.2 Å². The van der Waals surface area contributed by atoms with Crippen molar-refractivity contribution in [3.05, 3.63) is 24.3 Å². The fourth-order valence-corrected chi connectivity index (χ4v) is 1.83. The van der Waals surface area contributed by atoms with Crippen LogP contribution < -0.4 is 14.8 Å². The van der Waals surface area contributed by atoms with Gasteiger partial charge < -0.3 is 14.8 Å². The molecule has 0 saturated carbocycles. The molecule has 1 aromatic rings. The highest BCUT2D eigenvalue weighted by Crippen LogP contribution is 2.26. The van der Waals surface area contributed by atoms with Crippen LogP contribution in [0.25, 0.3) is 0 Å². The monoisotopic (exact) mass is 265 g/mol. The maximum atomic E-state index is 12.0. The zero-order valence-corrected chi connectivity index (χ0v) is 12.1. The second-order valence-corrected chi connectivity index (χ2v) is 4.61. The first-order valence-electron chi connectivity index (χ1n) is 6.68. The average Bonchev–Trinajstić information content (AvgIpc) is 2.39. The Hall–Kier alpha value is -1.71. The van der Waals surface area contributed by atoms with Crippen LogP contribution in [0, 0.1) is 0 Å². The number of ether oxygens (including phenoxy) is 2. The van der Waals surface area contributed by atoms with Gasteiger partial charge in [-0.15, -0.1) is 0 Å². The first kappa shape index (κ1) is 15.3. The number of rotatable bonds is 7. The van der Waals surface area contributed by atoms with E-state index in [1.165, 1.54) is 0 Å². The topological polar surface area (TPSA) is 47.6 Å². The molecule has 0 fully saturated rings. The molecule has 2 atom stereocenters. The highest BCUT2D eigenvalue weighted by Gasteiger charge is 2.17. The Kier molecular flexibility index (Phi) is 6.19. The van der Waals surface area contributed by atoms with Gasteiger partial charge in [0.1, 0.15) is 0 Å². The molecule has 0 saturated heterocycles. The lowest BCUT2D eigenvalue weighted by atomic mass is 10.2. The molecule has 0 bridgehead atoms. The van der Waals surface area contributed by atoms with Crippen molar-refractivity contribution in [3.63, 3.8) is 0 Å². The van der Waals surface area contributed by atoms with Gasteiger partial charge in [0.2, 0.25) is 0 Å². The lowest BCUT2D eigenvalue weighted by molar-refractivity contribution is -0.127. The van der Waals surface area contributed by atoms with E-state index in [1.807, 2.05) is 19.1 Å². The SMILES string of the molecule is CCC[C@@H](C)NC(=O)[C@H](C)Oc1ccccc1OC. The van der Waals surface area contributed by atoms with E-state index in [1.54, 1.807) is 26.2 Å². The van der Waals surface area contributed by atoms with E-state index in [-0.39, 0.29) is 11.9 Å². The first-order valence-corrected chi connectivity index (χ1v) is 6.68. The molecule has 1 N–H and O–H groups in total. The van der Waals surface area contributed by atoms with Gasteiger partial charge >= 0.3 is 0 Å². The highest BCUT2D eigenvalue weighted by atomic mass is 16.5. The average molecular weight is 265 g/mol. The van der Waals surface area contributed by atoms with E-state index in [0.29, 0.717) is 11.5 Å². The molecule has 0 spiro atoms. The third-order valence-corrected chi connectivity index (χ3v) is 2.85. The normalized spacial score (nSPS) is 13.5. The predicted molar refractivity (Wildman–Crippen MR) is 75.6 cm³/mol. The van der Waals surface area contributed by atoms with Gasteiger partial charge in [-0.3, -0.25) is 4.79 Å². The Morgan fingerprint density at radius 3 is 2.47 bits per heavy atom. The van der Waals surface area contributed by atoms with Gasteiger partial charge in [0, 0.05) is 6.04 Å². The summed E-state index contributed by atoms with van der Waals surface area (Å²) in [4.78, 5) is 12.0. The third kappa shape index (κ3) is 4.81. The van der Waals surface area contributed by atoms with E-state index in [2.05, 4.69) is 12.2 Å². The van der Waals surface area contributed by atoms with E-state index >= 15 is 0 Å². The van der Waals surface area contributed by atoms with Crippen LogP contribution in [0.15, 0.2) is 24.3 Å². The molecule has 0 aliphatic heterocycles. The number of carbonyl (C=O) groups excluding carboxylic acids is 1. The summed E-state index contributed by atoms with van der Waals surface area (Å²) >= 11 is 0. The molecule has 19 heavy (non-hydrogen) atoms. The number of nitrogens with one attached hydrogen (secondary N) is 1. The molecule has 106 valence electrons. The second-order valence-electron chi connectivity index (χ2n) is 4.61. The zero-order chi connectivity index (χ0) is 14.3. The van der Waals surface area contributed by atoms with E-state index in [4.69, 9.17) is 9.47 Å². The molecular weight excluding hydrogens is 242 g/mol. The van der Waals surface area contributed by atoms with Crippen molar-refractivity contribution < 1.29 is 14.3 Å². The molecular formula is C15H23NO3. The highest BCUT2D eigenvalue weighted by molar-refractivity contribution is 5.81. The maximum absolute atomic E-state index is 12.0. The molecule has 0 heterocycles. The zero-order valence-electron chi connectivity index (χ0n) is 12.1. The van der Waals surface area contributed by atoms with Crippen molar-refractivity contribution >= 4 is 5.91 Å². The second kappa shape index (κ2) is 7.67. The number of hydrogen-bond donors (Lipinski definition) is 1. The standard InChI is InChI=1S/C15H23NO3/c1-5-8-11(2)16-15(17)12(3)19-14-10-7-6-9-13(14)18-4/h6-7,9-12H,5,8H2,1-4H3,(H,16,17)/t11-,12+/m1/s1. The third-order valence-electron chi connectivity index (χ3n) is 2.85. The van der Waals surface area contributed by atoms with Gasteiger partial charge in [-0.05, 0) is 32.4 Å². The summed E-state index contributed by atoms with van der Waals surface area (Å²) < 4.78 is 10.8. The van der Waals surface area contributed by atoms with Crippen molar-refractivity contribution in [2.24, 2.45) is 0 Å². The summed E-state index contributed by atoms with van der Waals surface area (Å²) in [5.74, 6) is 1.10. The molecule has 0 aliphatic rings. The Labute approximate surface area is 115 Å². The summed E-state index contributed by atoms with van der Waals surface area (Å²) in [6, 6.07) is 7.47. The van der Waals surface area contributed by atoms with Gasteiger partial charge in [-0.2, -0.15) is 0 Å². The van der Waals surface area contributed by atoms with Crippen LogP contribution >= 0.6 is 0 Å². The summed E-state index contributed by atoms with van der Waals surface area (Å²) in [7, 11) is 1.58. The van der Waals surface area contributed by atoms with Gasteiger partial charge in [0.05, 0.1) is 7.11 Å². The lowest BCUT2D eigenvalue weighted by Gasteiger charge is -2.19. The van der Waals surface area contributed by atoms with Gasteiger partial charge in [0.15, 0.2) is 17.6 Å². The van der Waals surface area contributed by atoms with Crippen LogP contribution in [0.3, 0.4) is 0 Å². The summed E-state index contributed by atoms with van der Waals surface area (Å²) in [6.45, 7) is 5.83. The Balaban J connectivity index is 2.58. The summed E-state index contributed by atoms with van der Waals surface area (Å²) in [6.07, 6.45) is 1.46. The Morgan fingerprint density at radius 2 is 1.89 bits per heavy atom. The minimum atomic E-state index is -0.546. The van der Waals surface area contributed by atoms with Gasteiger partial charge in [-0.1, -0.05) is 25.5 Å². The van der Waals surface area contributed by atoms with Gasteiger partial charge in [0.25, 0.3) is 5.91 Å². The Morgan fingerprint density at radius 1 is 1.26 bits per heavy atom. The molecule has 0 aromatic heterocycles. The number of hydrogen-bond acceptors (Lipinski definition) is 3. The van der Waals surface area contributed by atoms with Crippen LogP contribution in [0.5, 0.6) is 11.5 Å². The lowest BCUT2D eigenvalue weighted by Crippen LogP contribution is -2.41. The van der Waals surface area contributed by atoms with Crippen LogP contribution in [-0.2, 0) is 4.79 Å². The van der Waals surface area contributed by atoms with Crippen molar-refractivity contribution in [1.29, 1.82) is 0 Å². The van der Waals surface area contributed by atoms with E-state index in [0.717, 1.165) is 12.8 Å². The molecule has 1 aromatic carbocycles. The largest absolute Gasteiger partial charge is 0.493 e.